The molecule has 2 heterocycles. The molecule has 1 aromatic carbocycles. The highest BCUT2D eigenvalue weighted by Gasteiger charge is 2.07. The molecule has 0 aliphatic rings. The molecule has 0 spiro atoms. The number of imidazole rings is 1. The number of pyridine rings is 1. The van der Waals surface area contributed by atoms with E-state index in [1.54, 1.807) is 53.2 Å². The van der Waals surface area contributed by atoms with Gasteiger partial charge in [-0.15, -0.1) is 0 Å². The van der Waals surface area contributed by atoms with Gasteiger partial charge in [0, 0.05) is 5.69 Å². The monoisotopic (exact) mass is 298 g/mol. The Morgan fingerprint density at radius 2 is 1.86 bits per heavy atom. The summed E-state index contributed by atoms with van der Waals surface area (Å²) in [6.45, 7) is 0. The van der Waals surface area contributed by atoms with E-state index in [4.69, 9.17) is 10.5 Å². The minimum Gasteiger partial charge on any atom is -0.456 e. The first-order valence-corrected chi connectivity index (χ1v) is 6.51. The van der Waals surface area contributed by atoms with Crippen LogP contribution in [-0.2, 0) is 4.74 Å². The quantitative estimate of drug-likeness (QED) is 0.725. The molecule has 0 unspecified atom stereocenters. The van der Waals surface area contributed by atoms with Crippen LogP contribution in [-0.4, -0.2) is 22.6 Å². The SMILES string of the molecule is COC(=O)Nc1cn2cc(Oc3ccc(N)cc3)ccc2n1. The van der Waals surface area contributed by atoms with Gasteiger partial charge < -0.3 is 19.6 Å². The topological polar surface area (TPSA) is 90.9 Å². The van der Waals surface area contributed by atoms with Crippen molar-refractivity contribution in [2.24, 2.45) is 0 Å². The number of ether oxygens (including phenoxy) is 2. The molecule has 22 heavy (non-hydrogen) atoms. The molecule has 0 aliphatic heterocycles. The van der Waals surface area contributed by atoms with Gasteiger partial charge in [-0.05, 0) is 36.4 Å². The lowest BCUT2D eigenvalue weighted by Gasteiger charge is -2.06. The first-order valence-electron chi connectivity index (χ1n) is 6.51. The molecule has 7 nitrogen and oxygen atoms in total. The summed E-state index contributed by atoms with van der Waals surface area (Å²) in [4.78, 5) is 15.4. The molecule has 0 aliphatic carbocycles. The van der Waals surface area contributed by atoms with Crippen molar-refractivity contribution in [1.29, 1.82) is 0 Å². The Bertz CT molecular complexity index is 811. The lowest BCUT2D eigenvalue weighted by atomic mass is 10.3. The Morgan fingerprint density at radius 3 is 2.59 bits per heavy atom. The van der Waals surface area contributed by atoms with Gasteiger partial charge in [0.15, 0.2) is 5.82 Å². The minimum atomic E-state index is -0.568. The molecule has 0 saturated heterocycles. The highest BCUT2D eigenvalue weighted by molar-refractivity contribution is 5.83. The van der Waals surface area contributed by atoms with Crippen LogP contribution in [0.3, 0.4) is 0 Å². The van der Waals surface area contributed by atoms with Crippen molar-refractivity contribution in [3.63, 3.8) is 0 Å². The Hall–Kier alpha value is -3.22. The summed E-state index contributed by atoms with van der Waals surface area (Å²) in [5, 5.41) is 2.51. The first-order chi connectivity index (χ1) is 10.6. The number of nitrogens with zero attached hydrogens (tertiary/aromatic N) is 2. The van der Waals surface area contributed by atoms with Gasteiger partial charge in [0.25, 0.3) is 0 Å². The maximum Gasteiger partial charge on any atom is 0.412 e. The van der Waals surface area contributed by atoms with E-state index in [2.05, 4.69) is 15.0 Å². The number of methoxy groups -OCH3 is 1. The van der Waals surface area contributed by atoms with E-state index >= 15 is 0 Å². The number of nitrogens with two attached hydrogens (primary N) is 1. The van der Waals surface area contributed by atoms with Crippen molar-refractivity contribution in [1.82, 2.24) is 9.38 Å². The summed E-state index contributed by atoms with van der Waals surface area (Å²) in [5.41, 5.74) is 6.99. The highest BCUT2D eigenvalue weighted by atomic mass is 16.5. The molecule has 0 saturated carbocycles. The predicted octanol–water partition coefficient (Wildman–Crippen LogP) is 2.89. The van der Waals surface area contributed by atoms with Crippen LogP contribution in [0, 0.1) is 0 Å². The van der Waals surface area contributed by atoms with Gasteiger partial charge in [-0.3, -0.25) is 5.32 Å². The summed E-state index contributed by atoms with van der Waals surface area (Å²) in [6.07, 6.45) is 2.87. The number of rotatable bonds is 3. The average molecular weight is 298 g/mol. The van der Waals surface area contributed by atoms with Gasteiger partial charge in [0.1, 0.15) is 17.1 Å². The molecule has 0 radical (unpaired) electrons. The molecule has 0 atom stereocenters. The van der Waals surface area contributed by atoms with Crippen LogP contribution in [0.1, 0.15) is 0 Å². The fourth-order valence-electron chi connectivity index (χ4n) is 1.92. The summed E-state index contributed by atoms with van der Waals surface area (Å²) < 4.78 is 12.0. The van der Waals surface area contributed by atoms with E-state index in [1.807, 2.05) is 0 Å². The minimum absolute atomic E-state index is 0.400. The molecule has 1 amide bonds. The van der Waals surface area contributed by atoms with E-state index in [1.165, 1.54) is 7.11 Å². The summed E-state index contributed by atoms with van der Waals surface area (Å²) >= 11 is 0. The van der Waals surface area contributed by atoms with E-state index < -0.39 is 6.09 Å². The Labute approximate surface area is 126 Å². The number of nitrogen functional groups attached to an aromatic ring is 1. The fraction of sp³-hybridized carbons (Fsp3) is 0.0667. The number of anilines is 2. The summed E-state index contributed by atoms with van der Waals surface area (Å²) in [5.74, 6) is 1.72. The van der Waals surface area contributed by atoms with Crippen molar-refractivity contribution < 1.29 is 14.3 Å². The van der Waals surface area contributed by atoms with Crippen LogP contribution in [0.15, 0.2) is 48.8 Å². The predicted molar refractivity (Wildman–Crippen MR) is 82.1 cm³/mol. The Morgan fingerprint density at radius 1 is 1.14 bits per heavy atom. The van der Waals surface area contributed by atoms with Gasteiger partial charge in [0.05, 0.1) is 19.5 Å². The molecule has 2 aromatic heterocycles. The third-order valence-electron chi connectivity index (χ3n) is 2.96. The second-order valence-corrected chi connectivity index (χ2v) is 4.54. The fourth-order valence-corrected chi connectivity index (χ4v) is 1.92. The van der Waals surface area contributed by atoms with Crippen LogP contribution >= 0.6 is 0 Å². The number of fused-ring (bicyclic) bond motifs is 1. The zero-order valence-corrected chi connectivity index (χ0v) is 11.8. The zero-order chi connectivity index (χ0) is 15.5. The molecule has 0 fully saturated rings. The molecule has 112 valence electrons. The van der Waals surface area contributed by atoms with E-state index in [0.29, 0.717) is 28.7 Å². The first kappa shape index (κ1) is 13.7. The molecule has 0 bridgehead atoms. The van der Waals surface area contributed by atoms with Crippen molar-refractivity contribution in [2.75, 3.05) is 18.2 Å². The standard InChI is InChI=1S/C15H14N4O3/c1-21-15(20)18-13-9-19-8-12(6-7-14(19)17-13)22-11-4-2-10(16)3-5-11/h2-9H,16H2,1H3,(H,18,20). The van der Waals surface area contributed by atoms with Gasteiger partial charge >= 0.3 is 6.09 Å². The molecule has 3 aromatic rings. The number of nitrogens with one attached hydrogen (secondary N) is 1. The van der Waals surface area contributed by atoms with E-state index in [-0.39, 0.29) is 0 Å². The van der Waals surface area contributed by atoms with Crippen LogP contribution in [0.5, 0.6) is 11.5 Å². The van der Waals surface area contributed by atoms with Crippen LogP contribution in [0.2, 0.25) is 0 Å². The molecule has 3 N–H and O–H groups in total. The van der Waals surface area contributed by atoms with Crippen LogP contribution < -0.4 is 15.8 Å². The Balaban J connectivity index is 1.83. The smallest absolute Gasteiger partial charge is 0.412 e. The van der Waals surface area contributed by atoms with Gasteiger partial charge in [-0.2, -0.15) is 0 Å². The maximum atomic E-state index is 11.2. The maximum absolute atomic E-state index is 11.2. The van der Waals surface area contributed by atoms with Crippen molar-refractivity contribution >= 4 is 23.2 Å². The second kappa shape index (κ2) is 5.65. The largest absolute Gasteiger partial charge is 0.456 e. The number of amides is 1. The summed E-state index contributed by atoms with van der Waals surface area (Å²) in [6, 6.07) is 10.7. The third-order valence-corrected chi connectivity index (χ3v) is 2.96. The van der Waals surface area contributed by atoms with Crippen LogP contribution in [0.4, 0.5) is 16.3 Å². The lowest BCUT2D eigenvalue weighted by Crippen LogP contribution is -2.10. The molecule has 7 heteroatoms. The lowest BCUT2D eigenvalue weighted by molar-refractivity contribution is 0.187. The third kappa shape index (κ3) is 2.93. The van der Waals surface area contributed by atoms with Crippen LogP contribution in [0.25, 0.3) is 5.65 Å². The van der Waals surface area contributed by atoms with Gasteiger partial charge in [-0.25, -0.2) is 9.78 Å². The number of aromatic nitrogens is 2. The van der Waals surface area contributed by atoms with Crippen molar-refractivity contribution in [3.05, 3.63) is 48.8 Å². The highest BCUT2D eigenvalue weighted by Crippen LogP contribution is 2.23. The average Bonchev–Trinajstić information content (AvgIpc) is 2.91. The molecular formula is C15H14N4O3. The van der Waals surface area contributed by atoms with E-state index in [0.717, 1.165) is 0 Å². The number of carbonyl (C=O) groups excluding carboxylic acids is 1. The number of hydrogen-bond acceptors (Lipinski definition) is 5. The molecular weight excluding hydrogens is 284 g/mol. The zero-order valence-electron chi connectivity index (χ0n) is 11.8. The van der Waals surface area contributed by atoms with Gasteiger partial charge in [0.2, 0.25) is 0 Å². The number of hydrogen-bond donors (Lipinski definition) is 2. The number of benzene rings is 1. The Kier molecular flexibility index (Phi) is 3.53. The van der Waals surface area contributed by atoms with E-state index in [9.17, 15) is 4.79 Å². The van der Waals surface area contributed by atoms with Crippen molar-refractivity contribution in [2.45, 2.75) is 0 Å². The van der Waals surface area contributed by atoms with Gasteiger partial charge in [-0.1, -0.05) is 0 Å². The summed E-state index contributed by atoms with van der Waals surface area (Å²) in [7, 11) is 1.30. The normalized spacial score (nSPS) is 10.4. The number of carbonyl (C=O) groups is 1. The second-order valence-electron chi connectivity index (χ2n) is 4.54. The van der Waals surface area contributed by atoms with Crippen molar-refractivity contribution in [3.8, 4) is 11.5 Å². The molecule has 3 rings (SSSR count).